The van der Waals surface area contributed by atoms with E-state index in [-0.39, 0.29) is 34.7 Å². The summed E-state index contributed by atoms with van der Waals surface area (Å²) < 4.78 is 27.7. The smallest absolute Gasteiger partial charge is 0.243 e. The lowest BCUT2D eigenvalue weighted by atomic mass is 9.48. The first-order valence-corrected chi connectivity index (χ1v) is 14.0. The van der Waals surface area contributed by atoms with Crippen LogP contribution >= 0.6 is 11.6 Å². The predicted molar refractivity (Wildman–Crippen MR) is 133 cm³/mol. The number of carbonyl (C=O) groups excluding carboxylic acids is 1. The number of hydrogen-bond acceptors (Lipinski definition) is 5. The lowest BCUT2D eigenvalue weighted by molar-refractivity contribution is -0.121. The number of carbonyl (C=O) groups is 1. The first-order chi connectivity index (χ1) is 16.6. The maximum absolute atomic E-state index is 13.2. The molecule has 35 heavy (non-hydrogen) atoms. The molecule has 7 rings (SSSR count). The molecule has 0 radical (unpaired) electrons. The number of fused-ring (bicyclic) bond motifs is 1. The van der Waals surface area contributed by atoms with Crippen LogP contribution in [0.2, 0.25) is 5.02 Å². The van der Waals surface area contributed by atoms with E-state index in [2.05, 4.69) is 28.3 Å². The number of amides is 1. The van der Waals surface area contributed by atoms with E-state index in [9.17, 15) is 13.2 Å². The molecule has 184 valence electrons. The van der Waals surface area contributed by atoms with Gasteiger partial charge in [-0.2, -0.15) is 4.31 Å². The van der Waals surface area contributed by atoms with Gasteiger partial charge in [0, 0.05) is 23.6 Å². The Kier molecular flexibility index (Phi) is 5.36. The van der Waals surface area contributed by atoms with Crippen LogP contribution in [0.1, 0.15) is 56.7 Å². The van der Waals surface area contributed by atoms with E-state index < -0.39 is 10.0 Å². The molecule has 1 N–H and O–H groups in total. The second-order valence-electron chi connectivity index (χ2n) is 11.2. The molecule has 1 aliphatic heterocycles. The van der Waals surface area contributed by atoms with Crippen LogP contribution in [0.25, 0.3) is 0 Å². The average Bonchev–Trinajstić information content (AvgIpc) is 2.77. The van der Waals surface area contributed by atoms with Crippen LogP contribution in [-0.4, -0.2) is 35.1 Å². The highest BCUT2D eigenvalue weighted by Crippen LogP contribution is 2.63. The minimum absolute atomic E-state index is 0.00831. The van der Waals surface area contributed by atoms with Crippen LogP contribution in [-0.2, 0) is 27.8 Å². The Morgan fingerprint density at radius 1 is 1.29 bits per heavy atom. The number of nitrogens with one attached hydrogen (secondary N) is 1. The molecule has 1 aromatic carbocycles. The molecule has 4 aliphatic carbocycles. The quantitative estimate of drug-likeness (QED) is 0.584. The summed E-state index contributed by atoms with van der Waals surface area (Å²) in [4.78, 5) is 22.1. The second kappa shape index (κ2) is 8.11. The Morgan fingerprint density at radius 2 is 2.14 bits per heavy atom. The van der Waals surface area contributed by atoms with Crippen molar-refractivity contribution < 1.29 is 13.2 Å². The zero-order valence-electron chi connectivity index (χ0n) is 19.8. The molecular formula is C26H29ClN4O3S. The highest BCUT2D eigenvalue weighted by atomic mass is 35.5. The fourth-order valence-electron chi connectivity index (χ4n) is 7.40. The summed E-state index contributed by atoms with van der Waals surface area (Å²) in [5.41, 5.74) is 3.27. The van der Waals surface area contributed by atoms with E-state index in [0.29, 0.717) is 35.3 Å². The molecular weight excluding hydrogens is 484 g/mol. The average molecular weight is 513 g/mol. The van der Waals surface area contributed by atoms with Crippen molar-refractivity contribution in [3.05, 3.63) is 58.5 Å². The topological polar surface area (TPSA) is 92.3 Å². The van der Waals surface area contributed by atoms with Crippen molar-refractivity contribution in [2.24, 2.45) is 16.7 Å². The summed E-state index contributed by atoms with van der Waals surface area (Å²) >= 11 is 6.01. The van der Waals surface area contributed by atoms with Crippen molar-refractivity contribution in [1.82, 2.24) is 14.3 Å². The van der Waals surface area contributed by atoms with Crippen LogP contribution in [0.5, 0.6) is 0 Å². The summed E-state index contributed by atoms with van der Waals surface area (Å²) in [6.45, 7) is 2.76. The van der Waals surface area contributed by atoms with Crippen LogP contribution < -0.4 is 5.32 Å². The molecule has 0 spiro atoms. The number of allylic oxidation sites excluding steroid dienone is 2. The number of sulfonamides is 1. The number of aromatic nitrogens is 2. The molecule has 1 amide bonds. The van der Waals surface area contributed by atoms with Gasteiger partial charge in [0.15, 0.2) is 0 Å². The van der Waals surface area contributed by atoms with Gasteiger partial charge in [-0.1, -0.05) is 36.2 Å². The Labute approximate surface area is 211 Å². The van der Waals surface area contributed by atoms with E-state index in [4.69, 9.17) is 11.6 Å². The highest BCUT2D eigenvalue weighted by Gasteiger charge is 2.52. The molecule has 9 heteroatoms. The number of anilines is 1. The monoisotopic (exact) mass is 512 g/mol. The molecule has 4 bridgehead atoms. The first kappa shape index (κ1) is 23.1. The number of hydrogen-bond donors (Lipinski definition) is 1. The van der Waals surface area contributed by atoms with Crippen molar-refractivity contribution in [3.8, 4) is 0 Å². The van der Waals surface area contributed by atoms with Crippen LogP contribution in [0.3, 0.4) is 0 Å². The third-order valence-electron chi connectivity index (χ3n) is 8.16. The van der Waals surface area contributed by atoms with Gasteiger partial charge in [0.25, 0.3) is 0 Å². The number of halogens is 1. The molecule has 5 aliphatic rings. The number of nitrogens with zero attached hydrogens (tertiary/aromatic N) is 3. The molecule has 1 aromatic heterocycles. The summed E-state index contributed by atoms with van der Waals surface area (Å²) in [5, 5.41) is 3.43. The Hall–Kier alpha value is -2.29. The van der Waals surface area contributed by atoms with Gasteiger partial charge in [0.2, 0.25) is 15.9 Å². The van der Waals surface area contributed by atoms with E-state index in [1.54, 1.807) is 18.2 Å². The maximum Gasteiger partial charge on any atom is 0.243 e. The zero-order chi connectivity index (χ0) is 24.4. The molecule has 2 saturated carbocycles. The molecule has 2 aromatic rings. The minimum Gasteiger partial charge on any atom is -0.310 e. The normalized spacial score (nSPS) is 29.5. The van der Waals surface area contributed by atoms with Gasteiger partial charge in [-0.3, -0.25) is 4.79 Å². The Morgan fingerprint density at radius 3 is 2.91 bits per heavy atom. The third kappa shape index (κ3) is 4.19. The fourth-order valence-corrected chi connectivity index (χ4v) is 9.10. The second-order valence-corrected chi connectivity index (χ2v) is 13.6. The highest BCUT2D eigenvalue weighted by molar-refractivity contribution is 7.89. The van der Waals surface area contributed by atoms with Crippen LogP contribution in [0.15, 0.2) is 47.1 Å². The predicted octanol–water partition coefficient (Wildman–Crippen LogP) is 4.73. The van der Waals surface area contributed by atoms with E-state index in [1.165, 1.54) is 35.1 Å². The van der Waals surface area contributed by atoms with Crippen molar-refractivity contribution in [2.75, 3.05) is 11.9 Å². The van der Waals surface area contributed by atoms with Crippen molar-refractivity contribution in [2.45, 2.75) is 63.3 Å². The van der Waals surface area contributed by atoms with E-state index in [1.807, 2.05) is 0 Å². The SMILES string of the molecule is CC12C=C3CC(C1)CC(CC(=O)Nc1ncnc4c1CCN(S(=O)(=O)c1cccc(Cl)c1)C4)(C3)C2. The standard InChI is InChI=1S/C26H29ClN4O3S/c1-25-9-17-7-18(10-25)12-26(11-17,15-25)13-23(32)30-24-21-5-6-31(14-22(21)28-16-29-24)35(33,34)20-4-2-3-19(27)8-20/h2-4,8-9,16,18H,5-7,10-15H2,1H3,(H,28,29,30,32). The van der Waals surface area contributed by atoms with E-state index >= 15 is 0 Å². The summed E-state index contributed by atoms with van der Waals surface area (Å²) in [6, 6.07) is 6.28. The van der Waals surface area contributed by atoms with Gasteiger partial charge in [-0.05, 0) is 73.5 Å². The van der Waals surface area contributed by atoms with Crippen molar-refractivity contribution >= 4 is 33.3 Å². The molecule has 2 heterocycles. The molecule has 3 unspecified atom stereocenters. The van der Waals surface area contributed by atoms with Crippen LogP contribution in [0.4, 0.5) is 5.82 Å². The Bertz CT molecular complexity index is 1360. The third-order valence-corrected chi connectivity index (χ3v) is 10.2. The van der Waals surface area contributed by atoms with E-state index in [0.717, 1.165) is 24.8 Å². The fraction of sp³-hybridized carbons (Fsp3) is 0.500. The summed E-state index contributed by atoms with van der Waals surface area (Å²) in [5.74, 6) is 1.20. The van der Waals surface area contributed by atoms with Gasteiger partial charge in [0.05, 0.1) is 17.1 Å². The zero-order valence-corrected chi connectivity index (χ0v) is 21.3. The molecule has 3 atom stereocenters. The first-order valence-electron chi connectivity index (χ1n) is 12.2. The lowest BCUT2D eigenvalue weighted by Crippen LogP contribution is -2.47. The summed E-state index contributed by atoms with van der Waals surface area (Å²) in [7, 11) is -3.70. The van der Waals surface area contributed by atoms with Crippen molar-refractivity contribution in [3.63, 3.8) is 0 Å². The number of rotatable bonds is 5. The summed E-state index contributed by atoms with van der Waals surface area (Å²) in [6.07, 6.45) is 10.5. The van der Waals surface area contributed by atoms with Gasteiger partial charge in [-0.15, -0.1) is 0 Å². The van der Waals surface area contributed by atoms with Gasteiger partial charge in [0.1, 0.15) is 12.1 Å². The lowest BCUT2D eigenvalue weighted by Gasteiger charge is -2.57. The van der Waals surface area contributed by atoms with Gasteiger partial charge >= 0.3 is 0 Å². The number of benzene rings is 1. The largest absolute Gasteiger partial charge is 0.310 e. The molecule has 2 fully saturated rings. The maximum atomic E-state index is 13.2. The Balaban J connectivity index is 1.18. The molecule has 7 nitrogen and oxygen atoms in total. The van der Waals surface area contributed by atoms with Crippen molar-refractivity contribution in [1.29, 1.82) is 0 Å². The van der Waals surface area contributed by atoms with Gasteiger partial charge in [-0.25, -0.2) is 18.4 Å². The molecule has 0 saturated heterocycles. The van der Waals surface area contributed by atoms with Crippen LogP contribution in [0, 0.1) is 16.7 Å². The van der Waals surface area contributed by atoms with Gasteiger partial charge < -0.3 is 5.32 Å². The minimum atomic E-state index is -3.70.